The Hall–Kier alpha value is -0.120. The quantitative estimate of drug-likeness (QED) is 0.723. The molecule has 0 aliphatic heterocycles. The number of rotatable bonds is 7. The van der Waals surface area contributed by atoms with E-state index < -0.39 is 6.10 Å². The number of β-amino-alcohol motifs (C(OH)–C–C–N with tert-alkyl or cyclic N) is 1. The largest absolute Gasteiger partial charge is 0.389 e. The molecular weight excluding hydrogens is 298 g/mol. The molecule has 3 nitrogen and oxygen atoms in total. The zero-order valence-corrected chi connectivity index (χ0v) is 17.3. The molecule has 0 aromatic heterocycles. The zero-order valence-electron chi connectivity index (χ0n) is 17.3. The molecule has 0 aromatic carbocycles. The van der Waals surface area contributed by atoms with Gasteiger partial charge in [0.2, 0.25) is 0 Å². The van der Waals surface area contributed by atoms with E-state index in [0.29, 0.717) is 18.6 Å². The summed E-state index contributed by atoms with van der Waals surface area (Å²) in [7, 11) is 0. The normalized spacial score (nSPS) is 33.9. The molecule has 4 atom stereocenters. The number of fused-ring (bicyclic) bond motifs is 2. The fourth-order valence-electron chi connectivity index (χ4n) is 5.72. The van der Waals surface area contributed by atoms with E-state index >= 15 is 0 Å². The molecule has 24 heavy (non-hydrogen) atoms. The highest BCUT2D eigenvalue weighted by Crippen LogP contribution is 2.63. The molecule has 2 aliphatic rings. The molecule has 2 fully saturated rings. The van der Waals surface area contributed by atoms with Crippen molar-refractivity contribution in [1.29, 1.82) is 0 Å². The predicted molar refractivity (Wildman–Crippen MR) is 101 cm³/mol. The lowest BCUT2D eigenvalue weighted by Crippen LogP contribution is -2.48. The fourth-order valence-corrected chi connectivity index (χ4v) is 5.72. The monoisotopic (exact) mass is 339 g/mol. The average Bonchev–Trinajstić information content (AvgIpc) is 2.84. The van der Waals surface area contributed by atoms with Crippen LogP contribution in [0.5, 0.6) is 0 Å². The molecule has 2 bridgehead atoms. The summed E-state index contributed by atoms with van der Waals surface area (Å²) in [5.74, 6) is 0.786. The molecule has 0 unspecified atom stereocenters. The van der Waals surface area contributed by atoms with Gasteiger partial charge in [0, 0.05) is 12.1 Å². The third kappa shape index (κ3) is 4.53. The summed E-state index contributed by atoms with van der Waals surface area (Å²) in [6.07, 6.45) is 4.82. The van der Waals surface area contributed by atoms with Crippen LogP contribution in [-0.4, -0.2) is 36.0 Å². The van der Waals surface area contributed by atoms with E-state index in [-0.39, 0.29) is 22.5 Å². The van der Waals surface area contributed by atoms with E-state index in [9.17, 15) is 5.11 Å². The third-order valence-corrected chi connectivity index (χ3v) is 6.38. The molecular formula is C21H41NO2. The van der Waals surface area contributed by atoms with E-state index in [2.05, 4.69) is 60.7 Å². The Labute approximate surface area is 149 Å². The SMILES string of the molecule is CC(C)(C)CC(C)(C)NC[C@@H](O)CO[C@@H]1C(C)(C)[C@H]2CC[C@]1(C)C2. The van der Waals surface area contributed by atoms with Crippen LogP contribution in [0.15, 0.2) is 0 Å². The van der Waals surface area contributed by atoms with Crippen LogP contribution in [0, 0.1) is 22.2 Å². The van der Waals surface area contributed by atoms with Crippen molar-refractivity contribution in [1.82, 2.24) is 5.32 Å². The number of hydrogen-bond acceptors (Lipinski definition) is 3. The van der Waals surface area contributed by atoms with Gasteiger partial charge in [-0.1, -0.05) is 41.5 Å². The van der Waals surface area contributed by atoms with Gasteiger partial charge in [0.05, 0.1) is 18.8 Å². The van der Waals surface area contributed by atoms with Crippen molar-refractivity contribution in [3.8, 4) is 0 Å². The second kappa shape index (κ2) is 6.55. The second-order valence-electron chi connectivity index (χ2n) is 11.3. The molecule has 0 aromatic rings. The Morgan fingerprint density at radius 2 is 1.79 bits per heavy atom. The minimum Gasteiger partial charge on any atom is -0.389 e. The van der Waals surface area contributed by atoms with Crippen molar-refractivity contribution in [2.45, 2.75) is 98.8 Å². The molecule has 2 aliphatic carbocycles. The first-order chi connectivity index (χ1) is 10.8. The Morgan fingerprint density at radius 3 is 2.29 bits per heavy atom. The summed E-state index contributed by atoms with van der Waals surface area (Å²) < 4.78 is 6.29. The Balaban J connectivity index is 1.80. The van der Waals surface area contributed by atoms with Crippen molar-refractivity contribution in [3.63, 3.8) is 0 Å². The topological polar surface area (TPSA) is 41.5 Å². The van der Waals surface area contributed by atoms with Crippen LogP contribution in [0.3, 0.4) is 0 Å². The minimum absolute atomic E-state index is 0.0247. The summed E-state index contributed by atoms with van der Waals surface area (Å²) in [5.41, 5.74) is 0.856. The van der Waals surface area contributed by atoms with Crippen molar-refractivity contribution in [3.05, 3.63) is 0 Å². The summed E-state index contributed by atoms with van der Waals surface area (Å²) >= 11 is 0. The maximum absolute atomic E-state index is 10.4. The van der Waals surface area contributed by atoms with Gasteiger partial charge in [0.15, 0.2) is 0 Å². The number of aliphatic hydroxyl groups is 1. The molecule has 2 N–H and O–H groups in total. The standard InChI is InChI=1S/C21H41NO2/c1-18(2,3)14-19(4,5)22-12-16(23)13-24-17-20(6,7)15-9-10-21(17,8)11-15/h15-17,22-23H,9-14H2,1-8H3/t15-,16+,17+,21+/m0/s1. The molecule has 0 heterocycles. The summed E-state index contributed by atoms with van der Waals surface area (Å²) in [6, 6.07) is 0. The maximum atomic E-state index is 10.4. The van der Waals surface area contributed by atoms with Crippen LogP contribution in [-0.2, 0) is 4.74 Å². The van der Waals surface area contributed by atoms with Crippen LogP contribution >= 0.6 is 0 Å². The lowest BCUT2D eigenvalue weighted by Gasteiger charge is -2.42. The van der Waals surface area contributed by atoms with Gasteiger partial charge >= 0.3 is 0 Å². The molecule has 0 radical (unpaired) electrons. The van der Waals surface area contributed by atoms with Gasteiger partial charge in [0.25, 0.3) is 0 Å². The smallest absolute Gasteiger partial charge is 0.0898 e. The van der Waals surface area contributed by atoms with Gasteiger partial charge in [-0.25, -0.2) is 0 Å². The molecule has 142 valence electrons. The summed E-state index contributed by atoms with van der Waals surface area (Å²) in [6.45, 7) is 19.3. The zero-order chi connectivity index (χ0) is 18.4. The molecule has 0 saturated heterocycles. The van der Waals surface area contributed by atoms with E-state index in [1.54, 1.807) is 0 Å². The molecule has 0 spiro atoms. The van der Waals surface area contributed by atoms with Gasteiger partial charge in [0.1, 0.15) is 0 Å². The molecule has 3 heteroatoms. The van der Waals surface area contributed by atoms with E-state index in [0.717, 1.165) is 12.3 Å². The van der Waals surface area contributed by atoms with Gasteiger partial charge < -0.3 is 15.2 Å². The first kappa shape index (κ1) is 20.2. The van der Waals surface area contributed by atoms with Crippen LogP contribution < -0.4 is 5.32 Å². The Morgan fingerprint density at radius 1 is 1.17 bits per heavy atom. The first-order valence-electron chi connectivity index (χ1n) is 9.80. The first-order valence-corrected chi connectivity index (χ1v) is 9.80. The number of hydrogen-bond donors (Lipinski definition) is 2. The molecule has 2 saturated carbocycles. The molecule has 0 amide bonds. The number of aliphatic hydroxyl groups excluding tert-OH is 1. The van der Waals surface area contributed by atoms with Crippen LogP contribution in [0.1, 0.15) is 81.1 Å². The van der Waals surface area contributed by atoms with Gasteiger partial charge in [-0.15, -0.1) is 0 Å². The van der Waals surface area contributed by atoms with Gasteiger partial charge in [-0.3, -0.25) is 0 Å². The van der Waals surface area contributed by atoms with Crippen molar-refractivity contribution >= 4 is 0 Å². The minimum atomic E-state index is -0.442. The van der Waals surface area contributed by atoms with Gasteiger partial charge in [-0.05, 0) is 61.7 Å². The van der Waals surface area contributed by atoms with Crippen molar-refractivity contribution < 1.29 is 9.84 Å². The van der Waals surface area contributed by atoms with E-state index in [1.807, 2.05) is 0 Å². The fraction of sp³-hybridized carbons (Fsp3) is 1.00. The third-order valence-electron chi connectivity index (χ3n) is 6.38. The van der Waals surface area contributed by atoms with Crippen LogP contribution in [0.4, 0.5) is 0 Å². The van der Waals surface area contributed by atoms with Crippen molar-refractivity contribution in [2.24, 2.45) is 22.2 Å². The van der Waals surface area contributed by atoms with Crippen molar-refractivity contribution in [2.75, 3.05) is 13.2 Å². The summed E-state index contributed by atoms with van der Waals surface area (Å²) in [4.78, 5) is 0. The lowest BCUT2D eigenvalue weighted by atomic mass is 9.70. The Bertz CT molecular complexity index is 433. The van der Waals surface area contributed by atoms with Gasteiger partial charge in [-0.2, -0.15) is 0 Å². The highest BCUT2D eigenvalue weighted by atomic mass is 16.5. The number of nitrogens with one attached hydrogen (secondary N) is 1. The highest BCUT2D eigenvalue weighted by molar-refractivity contribution is 5.09. The van der Waals surface area contributed by atoms with Crippen LogP contribution in [0.25, 0.3) is 0 Å². The van der Waals surface area contributed by atoms with E-state index in [4.69, 9.17) is 4.74 Å². The predicted octanol–water partition coefficient (Wildman–Crippen LogP) is 4.38. The maximum Gasteiger partial charge on any atom is 0.0898 e. The number of ether oxygens (including phenoxy) is 1. The summed E-state index contributed by atoms with van der Waals surface area (Å²) in [5, 5.41) is 13.9. The van der Waals surface area contributed by atoms with Crippen LogP contribution in [0.2, 0.25) is 0 Å². The average molecular weight is 340 g/mol. The molecule has 2 rings (SSSR count). The second-order valence-corrected chi connectivity index (χ2v) is 11.3. The lowest BCUT2D eigenvalue weighted by molar-refractivity contribution is -0.110. The highest BCUT2D eigenvalue weighted by Gasteiger charge is 2.60. The van der Waals surface area contributed by atoms with E-state index in [1.165, 1.54) is 19.3 Å². The Kier molecular flexibility index (Phi) is 5.52.